The minimum atomic E-state index is -0.483. The highest BCUT2D eigenvalue weighted by Crippen LogP contribution is 2.44. The van der Waals surface area contributed by atoms with Crippen LogP contribution in [0.1, 0.15) is 36.6 Å². The summed E-state index contributed by atoms with van der Waals surface area (Å²) >= 11 is 0. The van der Waals surface area contributed by atoms with Crippen molar-refractivity contribution in [2.24, 2.45) is 0 Å². The quantitative estimate of drug-likeness (QED) is 0.497. The number of hydrogen-bond acceptors (Lipinski definition) is 4. The summed E-state index contributed by atoms with van der Waals surface area (Å²) in [5.74, 6) is 1.19. The molecule has 0 bridgehead atoms. The molecule has 0 aliphatic carbocycles. The second kappa shape index (κ2) is 5.67. The van der Waals surface area contributed by atoms with Crippen LogP contribution < -0.4 is 5.32 Å². The number of benzene rings is 2. The van der Waals surface area contributed by atoms with Crippen LogP contribution in [0.15, 0.2) is 30.5 Å². The van der Waals surface area contributed by atoms with E-state index in [4.69, 9.17) is 0 Å². The van der Waals surface area contributed by atoms with Gasteiger partial charge in [0.25, 0.3) is 0 Å². The lowest BCUT2D eigenvalue weighted by Crippen LogP contribution is -2.36. The van der Waals surface area contributed by atoms with Crippen molar-refractivity contribution < 1.29 is 4.39 Å². The first-order chi connectivity index (χ1) is 13.8. The maximum Gasteiger partial charge on any atom is 0.162 e. The van der Waals surface area contributed by atoms with Crippen molar-refractivity contribution in [2.75, 3.05) is 5.32 Å². The summed E-state index contributed by atoms with van der Waals surface area (Å²) in [4.78, 5) is 3.13. The van der Waals surface area contributed by atoms with E-state index in [9.17, 15) is 5.26 Å². The zero-order valence-electron chi connectivity index (χ0n) is 16.6. The Morgan fingerprint density at radius 3 is 2.72 bits per heavy atom. The van der Waals surface area contributed by atoms with Crippen LogP contribution in [0.4, 0.5) is 10.1 Å². The highest BCUT2D eigenvalue weighted by atomic mass is 19.1. The highest BCUT2D eigenvalue weighted by Gasteiger charge is 2.36. The van der Waals surface area contributed by atoms with Crippen LogP contribution in [0.5, 0.6) is 0 Å². The molecule has 0 unspecified atom stereocenters. The predicted octanol–water partition coefficient (Wildman–Crippen LogP) is 4.70. The van der Waals surface area contributed by atoms with E-state index < -0.39 is 5.54 Å². The molecule has 2 N–H and O–H groups in total. The Kier molecular flexibility index (Phi) is 3.41. The van der Waals surface area contributed by atoms with Gasteiger partial charge in [-0.3, -0.25) is 4.57 Å². The zero-order chi connectivity index (χ0) is 20.5. The number of H-pyrrole nitrogens is 1. The Balaban J connectivity index is 1.88. The Morgan fingerprint density at radius 2 is 1.97 bits per heavy atom. The average Bonchev–Trinajstić information content (AvgIpc) is 3.28. The lowest BCUT2D eigenvalue weighted by molar-refractivity contribution is 0.532. The van der Waals surface area contributed by atoms with Crippen LogP contribution in [0.2, 0.25) is 0 Å². The molecule has 7 heteroatoms. The molecule has 0 saturated heterocycles. The molecule has 2 aromatic carbocycles. The highest BCUT2D eigenvalue weighted by molar-refractivity contribution is 5.98. The number of rotatable bonds is 1. The largest absolute Gasteiger partial charge is 0.371 e. The number of aromatic nitrogens is 4. The third-order valence-corrected chi connectivity index (χ3v) is 5.62. The van der Waals surface area contributed by atoms with Gasteiger partial charge in [0.15, 0.2) is 5.82 Å². The number of hydrogen-bond donors (Lipinski definition) is 2. The Bertz CT molecular complexity index is 1350. The summed E-state index contributed by atoms with van der Waals surface area (Å²) in [5, 5.41) is 22.3. The van der Waals surface area contributed by atoms with Gasteiger partial charge >= 0.3 is 0 Å². The molecule has 5 rings (SSSR count). The van der Waals surface area contributed by atoms with Crippen LogP contribution in [-0.2, 0) is 5.54 Å². The zero-order valence-corrected chi connectivity index (χ0v) is 16.6. The van der Waals surface area contributed by atoms with Crippen LogP contribution in [0.25, 0.3) is 27.7 Å². The van der Waals surface area contributed by atoms with E-state index in [1.54, 1.807) is 18.3 Å². The van der Waals surface area contributed by atoms with E-state index in [2.05, 4.69) is 26.6 Å². The second-order valence-corrected chi connectivity index (χ2v) is 7.99. The van der Waals surface area contributed by atoms with Crippen molar-refractivity contribution in [3.8, 4) is 22.9 Å². The Morgan fingerprint density at radius 1 is 1.17 bits per heavy atom. The third-order valence-electron chi connectivity index (χ3n) is 5.62. The molecule has 3 heterocycles. The molecule has 6 nitrogen and oxygen atoms in total. The smallest absolute Gasteiger partial charge is 0.162 e. The number of aryl methyl sites for hydroxylation is 1. The van der Waals surface area contributed by atoms with Gasteiger partial charge in [0, 0.05) is 22.7 Å². The van der Waals surface area contributed by atoms with Gasteiger partial charge in [-0.1, -0.05) is 0 Å². The van der Waals surface area contributed by atoms with Crippen molar-refractivity contribution >= 4 is 16.6 Å². The standard InChI is InChI=1S/C22H19FN6/c1-11-19(15-7-13(10-24)8-17-14(15)5-6-25-17)16(23)9-18-20(11)29-12(2)27-28-21(29)22(3,4)26-18/h5-9,25-26H,1-4H3. The molecule has 2 aromatic heterocycles. The lowest BCUT2D eigenvalue weighted by Gasteiger charge is -2.35. The Labute approximate surface area is 167 Å². The van der Waals surface area contributed by atoms with Crippen molar-refractivity contribution in [1.29, 1.82) is 5.26 Å². The minimum absolute atomic E-state index is 0.337. The van der Waals surface area contributed by atoms with E-state index in [0.29, 0.717) is 22.4 Å². The lowest BCUT2D eigenvalue weighted by atomic mass is 9.91. The van der Waals surface area contributed by atoms with Crippen LogP contribution >= 0.6 is 0 Å². The topological polar surface area (TPSA) is 82.3 Å². The van der Waals surface area contributed by atoms with Gasteiger partial charge < -0.3 is 10.3 Å². The summed E-state index contributed by atoms with van der Waals surface area (Å²) in [6.45, 7) is 7.79. The predicted molar refractivity (Wildman–Crippen MR) is 109 cm³/mol. The van der Waals surface area contributed by atoms with E-state index in [1.807, 2.05) is 38.3 Å². The molecule has 144 valence electrons. The second-order valence-electron chi connectivity index (χ2n) is 7.99. The summed E-state index contributed by atoms with van der Waals surface area (Å²) in [5.41, 5.74) is 4.27. The third kappa shape index (κ3) is 2.32. The summed E-state index contributed by atoms with van der Waals surface area (Å²) < 4.78 is 17.5. The van der Waals surface area contributed by atoms with E-state index in [1.165, 1.54) is 6.07 Å². The van der Waals surface area contributed by atoms with Gasteiger partial charge in [0.05, 0.1) is 28.5 Å². The molecule has 4 aromatic rings. The number of fused-ring (bicyclic) bond motifs is 4. The first kappa shape index (κ1) is 17.4. The fraction of sp³-hybridized carbons (Fsp3) is 0.227. The number of aromatic amines is 1. The number of nitrogens with zero attached hydrogens (tertiary/aromatic N) is 4. The fourth-order valence-electron chi connectivity index (χ4n) is 4.35. The maximum absolute atomic E-state index is 15.5. The summed E-state index contributed by atoms with van der Waals surface area (Å²) in [6.07, 6.45) is 1.80. The van der Waals surface area contributed by atoms with E-state index in [-0.39, 0.29) is 5.82 Å². The van der Waals surface area contributed by atoms with Crippen LogP contribution in [0, 0.1) is 31.0 Å². The first-order valence-corrected chi connectivity index (χ1v) is 9.37. The van der Waals surface area contributed by atoms with Crippen molar-refractivity contribution in [3.05, 3.63) is 59.1 Å². The molecule has 0 amide bonds. The van der Waals surface area contributed by atoms with Gasteiger partial charge in [-0.2, -0.15) is 5.26 Å². The number of anilines is 1. The normalized spacial score (nSPS) is 14.2. The van der Waals surface area contributed by atoms with Crippen molar-refractivity contribution in [3.63, 3.8) is 0 Å². The number of halogens is 1. The maximum atomic E-state index is 15.5. The Hall–Kier alpha value is -3.66. The van der Waals surface area contributed by atoms with E-state index >= 15 is 4.39 Å². The number of nitrogens with one attached hydrogen (secondary N) is 2. The van der Waals surface area contributed by atoms with Crippen LogP contribution in [-0.4, -0.2) is 19.7 Å². The average molecular weight is 386 g/mol. The van der Waals surface area contributed by atoms with Crippen molar-refractivity contribution in [2.45, 2.75) is 33.2 Å². The fourth-order valence-corrected chi connectivity index (χ4v) is 4.35. The van der Waals surface area contributed by atoms with E-state index in [0.717, 1.165) is 33.8 Å². The van der Waals surface area contributed by atoms with Gasteiger partial charge in [0.2, 0.25) is 0 Å². The SMILES string of the molecule is Cc1c(-c2cc(C#N)cc3[nH]ccc23)c(F)cc2c1-n1c(C)nnc1C(C)(C)N2. The number of nitriles is 1. The van der Waals surface area contributed by atoms with Crippen LogP contribution in [0.3, 0.4) is 0 Å². The van der Waals surface area contributed by atoms with Gasteiger partial charge in [-0.25, -0.2) is 4.39 Å². The molecule has 29 heavy (non-hydrogen) atoms. The summed E-state index contributed by atoms with van der Waals surface area (Å²) in [6, 6.07) is 9.12. The molecule has 0 radical (unpaired) electrons. The first-order valence-electron chi connectivity index (χ1n) is 9.37. The minimum Gasteiger partial charge on any atom is -0.371 e. The molecular weight excluding hydrogens is 367 g/mol. The molecule has 1 aliphatic heterocycles. The van der Waals surface area contributed by atoms with Gasteiger partial charge in [-0.15, -0.1) is 10.2 Å². The molecule has 0 fully saturated rings. The van der Waals surface area contributed by atoms with Gasteiger partial charge in [0.1, 0.15) is 11.6 Å². The molecular formula is C22H19FN6. The molecule has 0 spiro atoms. The van der Waals surface area contributed by atoms with Gasteiger partial charge in [-0.05, 0) is 63.1 Å². The monoisotopic (exact) mass is 386 g/mol. The molecule has 1 aliphatic rings. The molecule has 0 atom stereocenters. The summed E-state index contributed by atoms with van der Waals surface area (Å²) in [7, 11) is 0. The van der Waals surface area contributed by atoms with Crippen molar-refractivity contribution in [1.82, 2.24) is 19.7 Å². The molecule has 0 saturated carbocycles.